The van der Waals surface area contributed by atoms with Crippen LogP contribution in [0.25, 0.3) is 0 Å². The summed E-state index contributed by atoms with van der Waals surface area (Å²) in [5.41, 5.74) is -0.182. The number of hydrogen-bond acceptors (Lipinski definition) is 3. The predicted octanol–water partition coefficient (Wildman–Crippen LogP) is 1.08. The summed E-state index contributed by atoms with van der Waals surface area (Å²) in [6.45, 7) is 10.6. The molecule has 2 N–H and O–H groups in total. The van der Waals surface area contributed by atoms with E-state index >= 15 is 0 Å². The maximum absolute atomic E-state index is 9.36. The second-order valence-electron chi connectivity index (χ2n) is 4.76. The van der Waals surface area contributed by atoms with Crippen LogP contribution in [0.1, 0.15) is 34.1 Å². The molecule has 0 aliphatic heterocycles. The minimum atomic E-state index is -0.182. The average Bonchev–Trinajstić information content (AvgIpc) is 2.02. The van der Waals surface area contributed by atoms with Crippen molar-refractivity contribution in [1.29, 1.82) is 0 Å². The van der Waals surface area contributed by atoms with E-state index in [-0.39, 0.29) is 12.1 Å². The van der Waals surface area contributed by atoms with Crippen molar-refractivity contribution in [2.45, 2.75) is 45.7 Å². The van der Waals surface area contributed by atoms with Gasteiger partial charge in [0.15, 0.2) is 0 Å². The van der Waals surface area contributed by atoms with Gasteiger partial charge in [-0.15, -0.1) is 0 Å². The van der Waals surface area contributed by atoms with Crippen molar-refractivity contribution >= 4 is 0 Å². The van der Waals surface area contributed by atoms with Crippen molar-refractivity contribution in [3.63, 3.8) is 0 Å². The Bertz CT molecular complexity index is 150. The summed E-state index contributed by atoms with van der Waals surface area (Å²) in [4.78, 5) is 2.26. The summed E-state index contributed by atoms with van der Waals surface area (Å²) in [7, 11) is 2.10. The molecule has 0 aromatic heterocycles. The summed E-state index contributed by atoms with van der Waals surface area (Å²) < 4.78 is 0. The number of nitrogens with zero attached hydrogens (tertiary/aromatic N) is 1. The molecule has 0 rings (SSSR count). The van der Waals surface area contributed by atoms with Gasteiger partial charge in [0, 0.05) is 12.6 Å². The van der Waals surface area contributed by atoms with Gasteiger partial charge in [0.25, 0.3) is 0 Å². The first kappa shape index (κ1) is 13.9. The van der Waals surface area contributed by atoms with Gasteiger partial charge >= 0.3 is 0 Å². The zero-order valence-corrected chi connectivity index (χ0v) is 10.3. The number of rotatable bonds is 7. The molecule has 1 unspecified atom stereocenters. The molecule has 3 nitrogen and oxygen atoms in total. The molecule has 86 valence electrons. The second kappa shape index (κ2) is 6.38. The molecular weight excluding hydrogens is 176 g/mol. The van der Waals surface area contributed by atoms with Crippen LogP contribution in [-0.4, -0.2) is 48.3 Å². The van der Waals surface area contributed by atoms with E-state index < -0.39 is 0 Å². The topological polar surface area (TPSA) is 35.5 Å². The van der Waals surface area contributed by atoms with Crippen LogP contribution in [-0.2, 0) is 0 Å². The largest absolute Gasteiger partial charge is 0.394 e. The highest BCUT2D eigenvalue weighted by Crippen LogP contribution is 2.06. The van der Waals surface area contributed by atoms with Crippen LogP contribution in [0.3, 0.4) is 0 Å². The fraction of sp³-hybridized carbons (Fsp3) is 1.00. The molecule has 1 atom stereocenters. The SMILES string of the molecule is CCCN(C)CC(C)(CO)NC(C)C. The number of hydrogen-bond donors (Lipinski definition) is 2. The Hall–Kier alpha value is -0.120. The van der Waals surface area contributed by atoms with Crippen LogP contribution < -0.4 is 5.32 Å². The van der Waals surface area contributed by atoms with Crippen molar-refractivity contribution in [2.75, 3.05) is 26.7 Å². The molecule has 0 bridgehead atoms. The Labute approximate surface area is 88.5 Å². The molecule has 0 spiro atoms. The molecule has 14 heavy (non-hydrogen) atoms. The van der Waals surface area contributed by atoms with E-state index in [1.165, 1.54) is 0 Å². The lowest BCUT2D eigenvalue weighted by Crippen LogP contribution is -2.55. The van der Waals surface area contributed by atoms with Crippen molar-refractivity contribution in [3.05, 3.63) is 0 Å². The van der Waals surface area contributed by atoms with E-state index in [9.17, 15) is 5.11 Å². The number of nitrogens with one attached hydrogen (secondary N) is 1. The van der Waals surface area contributed by atoms with Crippen LogP contribution >= 0.6 is 0 Å². The highest BCUT2D eigenvalue weighted by atomic mass is 16.3. The van der Waals surface area contributed by atoms with Gasteiger partial charge in [-0.25, -0.2) is 0 Å². The number of aliphatic hydroxyl groups excluding tert-OH is 1. The molecule has 0 saturated heterocycles. The molecular formula is C11H26N2O. The molecule has 3 heteroatoms. The van der Waals surface area contributed by atoms with Gasteiger partial charge in [-0.2, -0.15) is 0 Å². The van der Waals surface area contributed by atoms with Crippen molar-refractivity contribution in [3.8, 4) is 0 Å². The maximum atomic E-state index is 9.36. The average molecular weight is 202 g/mol. The molecule has 0 aromatic rings. The van der Waals surface area contributed by atoms with Crippen molar-refractivity contribution in [2.24, 2.45) is 0 Å². The quantitative estimate of drug-likeness (QED) is 0.648. The molecule has 0 amide bonds. The molecule has 0 fully saturated rings. The minimum Gasteiger partial charge on any atom is -0.394 e. The van der Waals surface area contributed by atoms with Crippen molar-refractivity contribution < 1.29 is 5.11 Å². The van der Waals surface area contributed by atoms with E-state index in [1.54, 1.807) is 0 Å². The minimum absolute atomic E-state index is 0.180. The van der Waals surface area contributed by atoms with Gasteiger partial charge in [-0.05, 0) is 26.9 Å². The van der Waals surface area contributed by atoms with Crippen molar-refractivity contribution in [1.82, 2.24) is 10.2 Å². The highest BCUT2D eigenvalue weighted by Gasteiger charge is 2.25. The van der Waals surface area contributed by atoms with Gasteiger partial charge in [0.1, 0.15) is 0 Å². The van der Waals surface area contributed by atoms with Gasteiger partial charge in [0.05, 0.1) is 12.1 Å². The van der Waals surface area contributed by atoms with Gasteiger partial charge < -0.3 is 15.3 Å². The van der Waals surface area contributed by atoms with Crippen LogP contribution in [0.15, 0.2) is 0 Å². The van der Waals surface area contributed by atoms with E-state index in [4.69, 9.17) is 0 Å². The monoisotopic (exact) mass is 202 g/mol. The summed E-state index contributed by atoms with van der Waals surface area (Å²) in [6, 6.07) is 0.405. The summed E-state index contributed by atoms with van der Waals surface area (Å²) >= 11 is 0. The zero-order chi connectivity index (χ0) is 11.2. The lowest BCUT2D eigenvalue weighted by Gasteiger charge is -2.35. The Kier molecular flexibility index (Phi) is 6.33. The molecule has 0 aromatic carbocycles. The van der Waals surface area contributed by atoms with E-state index in [2.05, 4.69) is 45.0 Å². The van der Waals surface area contributed by atoms with E-state index in [0.717, 1.165) is 19.5 Å². The Balaban J connectivity index is 4.09. The number of likely N-dealkylation sites (N-methyl/N-ethyl adjacent to an activating group) is 1. The first-order valence-electron chi connectivity index (χ1n) is 5.50. The van der Waals surface area contributed by atoms with E-state index in [0.29, 0.717) is 6.04 Å². The lowest BCUT2D eigenvalue weighted by molar-refractivity contribution is 0.125. The van der Waals surface area contributed by atoms with Crippen LogP contribution in [0.4, 0.5) is 0 Å². The molecule has 0 saturated carbocycles. The zero-order valence-electron chi connectivity index (χ0n) is 10.3. The summed E-state index contributed by atoms with van der Waals surface area (Å²) in [6.07, 6.45) is 1.15. The number of aliphatic hydroxyl groups is 1. The standard InChI is InChI=1S/C11H26N2O/c1-6-7-13(5)8-11(4,9-14)12-10(2)3/h10,12,14H,6-9H2,1-5H3. The van der Waals surface area contributed by atoms with Crippen LogP contribution in [0, 0.1) is 0 Å². The van der Waals surface area contributed by atoms with E-state index in [1.807, 2.05) is 0 Å². The van der Waals surface area contributed by atoms with Crippen LogP contribution in [0.5, 0.6) is 0 Å². The predicted molar refractivity (Wildman–Crippen MR) is 61.6 cm³/mol. The summed E-state index contributed by atoms with van der Waals surface area (Å²) in [5, 5.41) is 12.8. The Morgan fingerprint density at radius 1 is 1.43 bits per heavy atom. The third kappa shape index (κ3) is 5.58. The Morgan fingerprint density at radius 3 is 2.36 bits per heavy atom. The fourth-order valence-corrected chi connectivity index (χ4v) is 1.89. The molecule has 0 heterocycles. The first-order valence-corrected chi connectivity index (χ1v) is 5.50. The molecule has 0 aliphatic rings. The third-order valence-corrected chi connectivity index (χ3v) is 2.21. The third-order valence-electron chi connectivity index (χ3n) is 2.21. The maximum Gasteiger partial charge on any atom is 0.0623 e. The summed E-state index contributed by atoms with van der Waals surface area (Å²) in [5.74, 6) is 0. The van der Waals surface area contributed by atoms with Crippen LogP contribution in [0.2, 0.25) is 0 Å². The Morgan fingerprint density at radius 2 is 2.00 bits per heavy atom. The van der Waals surface area contributed by atoms with Gasteiger partial charge in [-0.3, -0.25) is 0 Å². The smallest absolute Gasteiger partial charge is 0.0623 e. The first-order chi connectivity index (χ1) is 6.43. The normalized spacial score (nSPS) is 16.3. The molecule has 0 aliphatic carbocycles. The lowest BCUT2D eigenvalue weighted by atomic mass is 10.0. The molecule has 0 radical (unpaired) electrons. The van der Waals surface area contributed by atoms with Gasteiger partial charge in [-0.1, -0.05) is 20.8 Å². The van der Waals surface area contributed by atoms with Gasteiger partial charge in [0.2, 0.25) is 0 Å². The second-order valence-corrected chi connectivity index (χ2v) is 4.76. The highest BCUT2D eigenvalue weighted by molar-refractivity contribution is 4.86. The fourth-order valence-electron chi connectivity index (χ4n) is 1.89.